The van der Waals surface area contributed by atoms with Crippen LogP contribution < -0.4 is 5.32 Å². The van der Waals surface area contributed by atoms with Crippen LogP contribution in [0.2, 0.25) is 0 Å². The van der Waals surface area contributed by atoms with Gasteiger partial charge in [0.15, 0.2) is 0 Å². The number of nitrogens with one attached hydrogen (secondary N) is 1. The van der Waals surface area contributed by atoms with E-state index in [1.165, 1.54) is 38.5 Å². The van der Waals surface area contributed by atoms with E-state index in [0.717, 1.165) is 55.8 Å². The summed E-state index contributed by atoms with van der Waals surface area (Å²) in [4.78, 5) is 29.2. The maximum absolute atomic E-state index is 12.5. The Morgan fingerprint density at radius 3 is 2.39 bits per heavy atom. The molecule has 4 aliphatic carbocycles. The predicted octanol–water partition coefficient (Wildman–Crippen LogP) is 8.01. The Balaban J connectivity index is 1.27. The smallest absolute Gasteiger partial charge is 0.407 e. The molecule has 0 aromatic carbocycles. The predicted molar refractivity (Wildman–Crippen MR) is 160 cm³/mol. The molecule has 4 aliphatic rings. The lowest BCUT2D eigenvalue weighted by atomic mass is 9.44. The molecule has 0 bridgehead atoms. The number of rotatable bonds is 11. The topological polar surface area (TPSA) is 94.1 Å². The molecule has 236 valence electrons. The Bertz CT molecular complexity index is 908. The van der Waals surface area contributed by atoms with Gasteiger partial charge < -0.3 is 14.8 Å². The molecule has 0 radical (unpaired) electrons. The van der Waals surface area contributed by atoms with Crippen LogP contribution in [0.5, 0.6) is 0 Å². The fraction of sp³-hybridized carbons (Fsp3) is 0.941. The first-order valence-electron chi connectivity index (χ1n) is 16.8. The summed E-state index contributed by atoms with van der Waals surface area (Å²) in [5.41, 5.74) is 0.281. The highest BCUT2D eigenvalue weighted by Gasteiger charge is 2.60. The van der Waals surface area contributed by atoms with Gasteiger partial charge in [-0.05, 0) is 144 Å². The fourth-order valence-corrected chi connectivity index (χ4v) is 9.88. The van der Waals surface area contributed by atoms with Gasteiger partial charge in [0.05, 0.1) is 18.1 Å². The zero-order chi connectivity index (χ0) is 30.0. The van der Waals surface area contributed by atoms with E-state index in [0.29, 0.717) is 29.1 Å². The Labute approximate surface area is 249 Å². The van der Waals surface area contributed by atoms with Gasteiger partial charge in [0.2, 0.25) is 0 Å². The van der Waals surface area contributed by atoms with E-state index in [2.05, 4.69) is 31.0 Å². The van der Waals surface area contributed by atoms with Crippen LogP contribution in [0.3, 0.4) is 0 Å². The monoisotopic (exact) mass is 577 g/mol. The summed E-state index contributed by atoms with van der Waals surface area (Å²) in [7, 11) is 0. The average Bonchev–Trinajstić information content (AvgIpc) is 3.31. The Morgan fingerprint density at radius 1 is 0.976 bits per heavy atom. The molecule has 1 amide bonds. The molecule has 4 rings (SSSR count). The van der Waals surface area contributed by atoms with Crippen molar-refractivity contribution in [2.45, 2.75) is 138 Å². The summed E-state index contributed by atoms with van der Waals surface area (Å²) in [5, 5.41) is 11.8. The number of amides is 1. The number of carbonyl (C=O) groups is 2. The summed E-state index contributed by atoms with van der Waals surface area (Å²) in [6.07, 6.45) is 13.3. The van der Waals surface area contributed by atoms with Crippen LogP contribution >= 0.6 is 0 Å². The summed E-state index contributed by atoms with van der Waals surface area (Å²) in [6.45, 7) is 15.7. The average molecular weight is 578 g/mol. The lowest BCUT2D eigenvalue weighted by Gasteiger charge is -2.61. The molecule has 7 heteroatoms. The van der Waals surface area contributed by atoms with E-state index in [1.54, 1.807) is 0 Å². The minimum absolute atomic E-state index is 0.0259. The highest BCUT2D eigenvalue weighted by atomic mass is 17.1. The summed E-state index contributed by atoms with van der Waals surface area (Å²) in [5.74, 6) is 4.27. The largest absolute Gasteiger partial charge is 0.463 e. The second-order valence-corrected chi connectivity index (χ2v) is 15.5. The molecule has 4 saturated carbocycles. The van der Waals surface area contributed by atoms with Gasteiger partial charge in [-0.15, -0.1) is 0 Å². The van der Waals surface area contributed by atoms with Crippen LogP contribution in [0, 0.1) is 51.8 Å². The third-order valence-corrected chi connectivity index (χ3v) is 12.9. The van der Waals surface area contributed by atoms with Gasteiger partial charge in [-0.2, -0.15) is 0 Å². The molecule has 0 aromatic rings. The molecule has 4 fully saturated rings. The van der Waals surface area contributed by atoms with Crippen LogP contribution in [0.4, 0.5) is 4.79 Å². The van der Waals surface area contributed by atoms with Gasteiger partial charge >= 0.3 is 12.1 Å². The van der Waals surface area contributed by atoms with Crippen LogP contribution in [0.15, 0.2) is 0 Å². The third kappa shape index (κ3) is 6.76. The summed E-state index contributed by atoms with van der Waals surface area (Å²) < 4.78 is 11.2. The van der Waals surface area contributed by atoms with Gasteiger partial charge in [-0.25, -0.2) is 9.68 Å². The Morgan fingerprint density at radius 2 is 1.68 bits per heavy atom. The molecule has 10 unspecified atom stereocenters. The molecule has 0 aliphatic heterocycles. The number of ether oxygens (including phenoxy) is 2. The van der Waals surface area contributed by atoms with Crippen LogP contribution in [-0.4, -0.2) is 42.7 Å². The molecule has 10 atom stereocenters. The minimum atomic E-state index is -0.502. The van der Waals surface area contributed by atoms with E-state index >= 15 is 0 Å². The molecule has 0 saturated heterocycles. The first kappa shape index (κ1) is 32.6. The lowest BCUT2D eigenvalue weighted by Crippen LogP contribution is -2.54. The molecular weight excluding hydrogens is 518 g/mol. The van der Waals surface area contributed by atoms with Crippen molar-refractivity contribution in [1.82, 2.24) is 5.32 Å². The number of fused-ring (bicyclic) bond motifs is 5. The van der Waals surface area contributed by atoms with Crippen molar-refractivity contribution in [3.05, 3.63) is 0 Å². The SMILES string of the molecule is CCC(C)(C)C(=O)OCCNC(=O)OC1CCC2(C)C(CCC3C2CCC2(C)C(C(C)CCC(C)OO)CCC32)C1. The fourth-order valence-electron chi connectivity index (χ4n) is 9.88. The summed E-state index contributed by atoms with van der Waals surface area (Å²) in [6, 6.07) is 0. The zero-order valence-corrected chi connectivity index (χ0v) is 27.0. The second-order valence-electron chi connectivity index (χ2n) is 15.5. The van der Waals surface area contributed by atoms with E-state index in [4.69, 9.17) is 14.7 Å². The van der Waals surface area contributed by atoms with E-state index in [9.17, 15) is 9.59 Å². The standard InChI is InChI=1S/C34H59NO6/c1-8-32(4,5)30(36)39-20-19-35-31(37)40-25-15-17-33(6)24(21-25)11-12-26-28-14-13-27(22(2)9-10-23(3)41-38)34(28,7)18-16-29(26)33/h22-29,38H,8-21H2,1-7H3,(H,35,37). The molecule has 41 heavy (non-hydrogen) atoms. The molecule has 0 aromatic heterocycles. The summed E-state index contributed by atoms with van der Waals surface area (Å²) >= 11 is 0. The lowest BCUT2D eigenvalue weighted by molar-refractivity contribution is -0.275. The van der Waals surface area contributed by atoms with Gasteiger partial charge in [0, 0.05) is 0 Å². The highest BCUT2D eigenvalue weighted by Crippen LogP contribution is 2.68. The Kier molecular flexibility index (Phi) is 10.4. The van der Waals surface area contributed by atoms with Crippen LogP contribution in [-0.2, 0) is 19.2 Å². The Hall–Kier alpha value is -1.34. The maximum Gasteiger partial charge on any atom is 0.407 e. The first-order chi connectivity index (χ1) is 19.4. The number of hydrogen-bond donors (Lipinski definition) is 2. The van der Waals surface area contributed by atoms with E-state index in [1.807, 2.05) is 27.7 Å². The molecule has 0 heterocycles. The molecule has 2 N–H and O–H groups in total. The maximum atomic E-state index is 12.5. The minimum Gasteiger partial charge on any atom is -0.463 e. The van der Waals surface area contributed by atoms with Gasteiger partial charge in [-0.1, -0.05) is 27.7 Å². The van der Waals surface area contributed by atoms with Crippen molar-refractivity contribution in [3.63, 3.8) is 0 Å². The molecule has 0 spiro atoms. The number of esters is 1. The molecule has 7 nitrogen and oxygen atoms in total. The van der Waals surface area contributed by atoms with Crippen LogP contribution in [0.1, 0.15) is 126 Å². The van der Waals surface area contributed by atoms with E-state index in [-0.39, 0.29) is 31.3 Å². The third-order valence-electron chi connectivity index (χ3n) is 12.9. The quantitative estimate of drug-likeness (QED) is 0.112. The van der Waals surface area contributed by atoms with Gasteiger partial charge in [0.25, 0.3) is 0 Å². The van der Waals surface area contributed by atoms with Crippen LogP contribution in [0.25, 0.3) is 0 Å². The number of alkyl carbamates (subject to hydrolysis) is 1. The zero-order valence-electron chi connectivity index (χ0n) is 27.0. The van der Waals surface area contributed by atoms with Crippen molar-refractivity contribution < 1.29 is 29.2 Å². The van der Waals surface area contributed by atoms with E-state index < -0.39 is 11.5 Å². The normalized spacial score (nSPS) is 38.1. The molecular formula is C34H59NO6. The first-order valence-corrected chi connectivity index (χ1v) is 16.8. The van der Waals surface area contributed by atoms with Crippen molar-refractivity contribution in [1.29, 1.82) is 0 Å². The number of carbonyl (C=O) groups excluding carboxylic acids is 2. The van der Waals surface area contributed by atoms with Gasteiger partial charge in [-0.3, -0.25) is 10.1 Å². The van der Waals surface area contributed by atoms with Crippen molar-refractivity contribution >= 4 is 12.1 Å². The van der Waals surface area contributed by atoms with Gasteiger partial charge in [0.1, 0.15) is 12.7 Å². The van der Waals surface area contributed by atoms with Crippen molar-refractivity contribution in [2.75, 3.05) is 13.2 Å². The highest BCUT2D eigenvalue weighted by molar-refractivity contribution is 5.75. The number of hydrogen-bond acceptors (Lipinski definition) is 6. The van der Waals surface area contributed by atoms with Crippen molar-refractivity contribution in [2.24, 2.45) is 51.8 Å². The van der Waals surface area contributed by atoms with Crippen molar-refractivity contribution in [3.8, 4) is 0 Å². The second kappa shape index (κ2) is 13.1.